The van der Waals surface area contributed by atoms with Crippen LogP contribution in [0.4, 0.5) is 0 Å². The molecule has 0 spiro atoms. The van der Waals surface area contributed by atoms with Crippen LogP contribution in [0.15, 0.2) is 70.2 Å². The summed E-state index contributed by atoms with van der Waals surface area (Å²) >= 11 is 13.2. The molecule has 0 saturated heterocycles. The van der Waals surface area contributed by atoms with E-state index in [1.807, 2.05) is 12.1 Å². The third-order valence-corrected chi connectivity index (χ3v) is 9.09. The van der Waals surface area contributed by atoms with Crippen LogP contribution in [0.2, 0.25) is 10.0 Å². The van der Waals surface area contributed by atoms with E-state index >= 15 is 0 Å². The van der Waals surface area contributed by atoms with Crippen LogP contribution in [0.25, 0.3) is 11.0 Å². The van der Waals surface area contributed by atoms with Gasteiger partial charge < -0.3 is 14.4 Å². The fourth-order valence-electron chi connectivity index (χ4n) is 5.11. The van der Waals surface area contributed by atoms with Gasteiger partial charge in [0.2, 0.25) is 0 Å². The van der Waals surface area contributed by atoms with E-state index in [4.69, 9.17) is 27.6 Å². The number of Topliss-reactive ketones (excluding diaryl/α,β-unsaturated/α-hetero) is 1. The summed E-state index contributed by atoms with van der Waals surface area (Å²) in [4.78, 5) is 40.3. The second-order valence-corrected chi connectivity index (χ2v) is 12.9. The molecule has 0 aliphatic carbocycles. The van der Waals surface area contributed by atoms with Gasteiger partial charge in [-0.15, -0.1) is 0 Å². The van der Waals surface area contributed by atoms with Crippen molar-refractivity contribution in [2.24, 2.45) is 5.92 Å². The first kappa shape index (κ1) is 28.9. The van der Waals surface area contributed by atoms with Crippen molar-refractivity contribution in [1.29, 1.82) is 0 Å². The molecule has 0 bridgehead atoms. The Kier molecular flexibility index (Phi) is 7.96. The van der Waals surface area contributed by atoms with Crippen LogP contribution in [0.1, 0.15) is 43.8 Å². The number of carboxylic acids is 1. The molecule has 212 valence electrons. The molecular weight excluding hydrogens is 589 g/mol. The second kappa shape index (κ2) is 11.3. The number of halogens is 2. The van der Waals surface area contributed by atoms with Crippen molar-refractivity contribution in [2.75, 3.05) is 12.8 Å². The van der Waals surface area contributed by atoms with Gasteiger partial charge in [0, 0.05) is 36.7 Å². The number of carboxylic acid groups (broad SMARTS) is 1. The van der Waals surface area contributed by atoms with Gasteiger partial charge in [0.15, 0.2) is 15.6 Å². The van der Waals surface area contributed by atoms with Crippen LogP contribution in [0.5, 0.6) is 0 Å². The topological polar surface area (TPSA) is 122 Å². The van der Waals surface area contributed by atoms with Crippen LogP contribution in [0, 0.1) is 5.92 Å². The number of hydrogen-bond donors (Lipinski definition) is 1. The lowest BCUT2D eigenvalue weighted by molar-refractivity contribution is -0.141. The molecule has 1 aliphatic heterocycles. The SMILES string of the molecule is CS(=O)(=O)c1cccc(C[C@@H](CC(=O)c2c(Cl)cc3c(c2Cl)CCN(C(=O)c2ccc4ccoc4c2)C3)C(=O)O)c1. The lowest BCUT2D eigenvalue weighted by Gasteiger charge is -2.30. The maximum atomic E-state index is 13.3. The second-order valence-electron chi connectivity index (χ2n) is 10.1. The monoisotopic (exact) mass is 613 g/mol. The minimum Gasteiger partial charge on any atom is -0.481 e. The van der Waals surface area contributed by atoms with Gasteiger partial charge in [-0.25, -0.2) is 8.42 Å². The lowest BCUT2D eigenvalue weighted by atomic mass is 9.89. The van der Waals surface area contributed by atoms with Gasteiger partial charge in [0.1, 0.15) is 5.58 Å². The van der Waals surface area contributed by atoms with E-state index in [9.17, 15) is 27.9 Å². The van der Waals surface area contributed by atoms with Gasteiger partial charge >= 0.3 is 5.97 Å². The Morgan fingerprint density at radius 2 is 1.85 bits per heavy atom. The molecule has 41 heavy (non-hydrogen) atoms. The van der Waals surface area contributed by atoms with Crippen molar-refractivity contribution in [3.8, 4) is 0 Å². The molecule has 8 nitrogen and oxygen atoms in total. The van der Waals surface area contributed by atoms with E-state index in [1.165, 1.54) is 18.2 Å². The summed E-state index contributed by atoms with van der Waals surface area (Å²) in [6.45, 7) is 0.609. The zero-order valence-electron chi connectivity index (χ0n) is 21.9. The van der Waals surface area contributed by atoms with E-state index in [-0.39, 0.29) is 45.8 Å². The van der Waals surface area contributed by atoms with Crippen LogP contribution in [-0.2, 0) is 34.0 Å². The van der Waals surface area contributed by atoms with Crippen molar-refractivity contribution in [2.45, 2.75) is 30.7 Å². The van der Waals surface area contributed by atoms with E-state index in [0.29, 0.717) is 40.8 Å². The molecule has 1 amide bonds. The van der Waals surface area contributed by atoms with Gasteiger partial charge in [0.05, 0.1) is 32.7 Å². The molecule has 3 aromatic carbocycles. The summed E-state index contributed by atoms with van der Waals surface area (Å²) in [6, 6.07) is 14.7. The van der Waals surface area contributed by atoms with Gasteiger partial charge in [-0.3, -0.25) is 14.4 Å². The number of amides is 1. The predicted molar refractivity (Wildman–Crippen MR) is 154 cm³/mol. The highest BCUT2D eigenvalue weighted by atomic mass is 35.5. The van der Waals surface area contributed by atoms with Crippen LogP contribution < -0.4 is 0 Å². The van der Waals surface area contributed by atoms with Crippen molar-refractivity contribution in [3.05, 3.63) is 98.7 Å². The maximum absolute atomic E-state index is 13.3. The van der Waals surface area contributed by atoms with E-state index in [0.717, 1.165) is 11.6 Å². The normalized spacial score (nSPS) is 14.1. The summed E-state index contributed by atoms with van der Waals surface area (Å²) < 4.78 is 29.2. The fraction of sp³-hybridized carbons (Fsp3) is 0.233. The number of carbonyl (C=O) groups excluding carboxylic acids is 2. The number of ketones is 1. The Hall–Kier alpha value is -3.66. The van der Waals surface area contributed by atoms with Crippen LogP contribution >= 0.6 is 23.2 Å². The summed E-state index contributed by atoms with van der Waals surface area (Å²) in [5, 5.41) is 11.0. The molecule has 1 aliphatic rings. The van der Waals surface area contributed by atoms with Gasteiger partial charge in [-0.05, 0) is 65.9 Å². The number of carbonyl (C=O) groups is 3. The third-order valence-electron chi connectivity index (χ3n) is 7.26. The quantitative estimate of drug-likeness (QED) is 0.247. The number of rotatable bonds is 8. The first-order valence-electron chi connectivity index (χ1n) is 12.7. The summed E-state index contributed by atoms with van der Waals surface area (Å²) in [6.07, 6.45) is 2.59. The first-order chi connectivity index (χ1) is 19.4. The molecular formula is C30H25Cl2NO7S. The van der Waals surface area contributed by atoms with Crippen LogP contribution in [-0.4, -0.2) is 48.9 Å². The Morgan fingerprint density at radius 1 is 1.07 bits per heavy atom. The lowest BCUT2D eigenvalue weighted by Crippen LogP contribution is -2.36. The minimum atomic E-state index is -3.48. The minimum absolute atomic E-state index is 0.0475. The maximum Gasteiger partial charge on any atom is 0.307 e. The molecule has 0 saturated carbocycles. The zero-order valence-corrected chi connectivity index (χ0v) is 24.2. The molecule has 11 heteroatoms. The average molecular weight is 615 g/mol. The number of sulfone groups is 1. The van der Waals surface area contributed by atoms with Gasteiger partial charge in [-0.2, -0.15) is 0 Å². The third kappa shape index (κ3) is 6.02. The fourth-order valence-corrected chi connectivity index (χ4v) is 6.61. The highest BCUT2D eigenvalue weighted by Crippen LogP contribution is 2.36. The van der Waals surface area contributed by atoms with Crippen molar-refractivity contribution in [1.82, 2.24) is 4.90 Å². The van der Waals surface area contributed by atoms with Crippen LogP contribution in [0.3, 0.4) is 0 Å². The van der Waals surface area contributed by atoms with E-state index in [1.54, 1.807) is 35.4 Å². The van der Waals surface area contributed by atoms with E-state index in [2.05, 4.69) is 0 Å². The summed E-state index contributed by atoms with van der Waals surface area (Å²) in [5.41, 5.74) is 3.03. The van der Waals surface area contributed by atoms with Crippen molar-refractivity contribution < 1.29 is 32.3 Å². The van der Waals surface area contributed by atoms with Gasteiger partial charge in [-0.1, -0.05) is 41.4 Å². The van der Waals surface area contributed by atoms with E-state index < -0.39 is 27.5 Å². The number of nitrogens with zero attached hydrogens (tertiary/aromatic N) is 1. The molecule has 1 aromatic heterocycles. The molecule has 0 radical (unpaired) electrons. The molecule has 5 rings (SSSR count). The largest absolute Gasteiger partial charge is 0.481 e. The Morgan fingerprint density at radius 3 is 2.59 bits per heavy atom. The molecule has 1 N–H and O–H groups in total. The predicted octanol–water partition coefficient (Wildman–Crippen LogP) is 5.86. The first-order valence-corrected chi connectivity index (χ1v) is 15.4. The Bertz CT molecular complexity index is 1810. The molecule has 4 aromatic rings. The summed E-state index contributed by atoms with van der Waals surface area (Å²) in [7, 11) is -3.48. The molecule has 2 heterocycles. The smallest absolute Gasteiger partial charge is 0.307 e. The molecule has 0 fully saturated rings. The van der Waals surface area contributed by atoms with Crippen molar-refractivity contribution in [3.63, 3.8) is 0 Å². The highest BCUT2D eigenvalue weighted by molar-refractivity contribution is 7.90. The molecule has 0 unspecified atom stereocenters. The standard InChI is InChI=1S/C30H25Cl2NO7S/c1-41(38,39)22-4-2-3-17(12-22)11-20(30(36)37)14-25(34)27-24(31)13-21-16-33(9-7-23(21)28(27)32)29(35)19-6-5-18-8-10-40-26(18)15-19/h2-6,8,10,12-13,15,20H,7,9,11,14,16H2,1H3,(H,36,37)/t20-/m0/s1. The van der Waals surface area contributed by atoms with Gasteiger partial charge in [0.25, 0.3) is 5.91 Å². The molecule has 1 atom stereocenters. The number of aliphatic carboxylic acids is 1. The Balaban J connectivity index is 1.35. The number of hydrogen-bond acceptors (Lipinski definition) is 6. The number of fused-ring (bicyclic) bond motifs is 2. The summed E-state index contributed by atoms with van der Waals surface area (Å²) in [5.74, 6) is -3.03. The number of benzene rings is 3. The highest BCUT2D eigenvalue weighted by Gasteiger charge is 2.30. The average Bonchev–Trinajstić information content (AvgIpc) is 3.39. The Labute approximate surface area is 246 Å². The zero-order chi connectivity index (χ0) is 29.5. The van der Waals surface area contributed by atoms with Crippen molar-refractivity contribution >= 4 is 61.7 Å². The number of furan rings is 1.